The molecule has 0 saturated carbocycles. The van der Waals surface area contributed by atoms with E-state index in [2.05, 4.69) is 72.0 Å². The van der Waals surface area contributed by atoms with Crippen LogP contribution in [0, 0.1) is 0 Å². The Kier molecular flexibility index (Phi) is 25.6. The van der Waals surface area contributed by atoms with Crippen LogP contribution in [0.25, 0.3) is 0 Å². The summed E-state index contributed by atoms with van der Waals surface area (Å²) in [5, 5.41) is 0. The second kappa shape index (κ2) is 25.8. The number of hydrogen-bond donors (Lipinski definition) is 0. The quantitative estimate of drug-likeness (QED) is 0.0371. The molecule has 0 saturated heterocycles. The molecule has 75 heavy (non-hydrogen) atoms. The van der Waals surface area contributed by atoms with Crippen molar-refractivity contribution >= 4 is 148 Å². The van der Waals surface area contributed by atoms with E-state index >= 15 is 0 Å². The van der Waals surface area contributed by atoms with Crippen molar-refractivity contribution in [1.29, 1.82) is 0 Å². The van der Waals surface area contributed by atoms with Crippen molar-refractivity contribution in [3.8, 4) is 0 Å². The third kappa shape index (κ3) is 32.2. The van der Waals surface area contributed by atoms with E-state index < -0.39 is 143 Å². The molecule has 0 aliphatic heterocycles. The number of carbonyl (C=O) groups excluding carboxylic acids is 1. The van der Waals surface area contributed by atoms with Gasteiger partial charge in [-0.1, -0.05) is 18.2 Å². The zero-order chi connectivity index (χ0) is 59.6. The van der Waals surface area contributed by atoms with Gasteiger partial charge in [-0.25, -0.2) is 4.79 Å². The van der Waals surface area contributed by atoms with Crippen molar-refractivity contribution < 1.29 is 70.9 Å². The number of para-hydroxylation sites is 1. The van der Waals surface area contributed by atoms with Gasteiger partial charge in [0.25, 0.3) is 0 Å². The maximum atomic E-state index is 14.3. The first-order chi connectivity index (χ1) is 32.5. The maximum Gasteiger partial charge on any atom is 0.404 e. The van der Waals surface area contributed by atoms with E-state index in [0.717, 1.165) is 4.90 Å². The summed E-state index contributed by atoms with van der Waals surface area (Å²) in [5.41, 5.74) is 0.483. The number of carbonyl (C=O) groups is 1. The standard InChI is InChI=1S/C41H106FNO16Si16/c1-60(2,3)45-62(6,7)47-64(10,11)49-66(14,15)51-68(18,19)53-70(22,23)55-72(26,27)57-74(30,31)59-75(32,33)58-73(28,29)56-71(24,25)54-69(20,21)52-67(16,17)50-65(12,13)48-63(8,9)46-61(4,5)39-43(41(42)44)40-37-35-34-36-38-40/h34-38H,39H2,1-33H3. The van der Waals surface area contributed by atoms with Gasteiger partial charge in [0.15, 0.2) is 16.6 Å². The lowest BCUT2D eigenvalue weighted by molar-refractivity contribution is 0.228. The van der Waals surface area contributed by atoms with Crippen LogP contribution in [0.4, 0.5) is 14.9 Å². The molecular weight excluding hydrogens is 1230 g/mol. The van der Waals surface area contributed by atoms with Crippen LogP contribution in [-0.4, -0.2) is 149 Å². The summed E-state index contributed by atoms with van der Waals surface area (Å²) in [4.78, 5) is 13.2. The first-order valence-corrected chi connectivity index (χ1v) is 72.0. The molecule has 17 nitrogen and oxygen atoms in total. The van der Waals surface area contributed by atoms with E-state index in [1.807, 2.05) is 150 Å². The molecule has 0 heterocycles. The Hall–Kier alpha value is 1.49. The third-order valence-electron chi connectivity index (χ3n) is 9.28. The molecule has 442 valence electrons. The minimum absolute atomic E-state index is 0.135. The summed E-state index contributed by atoms with van der Waals surface area (Å²) in [5.74, 6) is 0. The van der Waals surface area contributed by atoms with Crippen molar-refractivity contribution in [3.63, 3.8) is 0 Å². The Morgan fingerprint density at radius 2 is 0.480 bits per heavy atom. The van der Waals surface area contributed by atoms with Gasteiger partial charge < -0.3 is 61.7 Å². The van der Waals surface area contributed by atoms with Gasteiger partial charge in [0.1, 0.15) is 0 Å². The smallest absolute Gasteiger partial charge is 0.404 e. The third-order valence-corrected chi connectivity index (χ3v) is 70.1. The number of benzene rings is 1. The topological polar surface area (TPSA) is 159 Å². The van der Waals surface area contributed by atoms with E-state index in [0.29, 0.717) is 5.69 Å². The molecule has 0 atom stereocenters. The van der Waals surface area contributed by atoms with E-state index in [1.54, 1.807) is 24.3 Å². The highest BCUT2D eigenvalue weighted by atomic mass is 28.5. The average molecular weight is 1340 g/mol. The van der Waals surface area contributed by atoms with Crippen LogP contribution < -0.4 is 4.90 Å². The van der Waals surface area contributed by atoms with E-state index in [4.69, 9.17) is 61.7 Å². The lowest BCUT2D eigenvalue weighted by atomic mass is 10.3. The minimum atomic E-state index is -2.87. The zero-order valence-electron chi connectivity index (χ0n) is 53.0. The van der Waals surface area contributed by atoms with Crippen LogP contribution in [0.3, 0.4) is 0 Å². The van der Waals surface area contributed by atoms with Gasteiger partial charge in [0.05, 0.1) is 0 Å². The van der Waals surface area contributed by atoms with Crippen molar-refractivity contribution in [2.24, 2.45) is 0 Å². The SMILES string of the molecule is C[Si](C)(C)O[Si](C)(C)O[Si](C)(C)O[Si](C)(C)O[Si](C)(C)O[Si](C)(C)O[Si](C)(C)O[Si](C)(C)O[Si](C)(C)O[Si](C)(C)O[Si](C)(C)O[Si](C)(C)O[Si](C)(C)O[Si](C)(C)O[Si](C)(C)O[Si](C)(C)CN(C(=O)F)c1ccccc1. The molecule has 0 fully saturated rings. The highest BCUT2D eigenvalue weighted by Crippen LogP contribution is 2.34. The Morgan fingerprint density at radius 1 is 0.307 bits per heavy atom. The normalized spacial score (nSPS) is 15.4. The predicted octanol–water partition coefficient (Wildman–Crippen LogP) is 14.2. The second-order valence-corrected chi connectivity index (χ2v) is 86.7. The van der Waals surface area contributed by atoms with E-state index in [-0.39, 0.29) is 6.17 Å². The molecule has 0 aliphatic carbocycles. The van der Waals surface area contributed by atoms with Crippen molar-refractivity contribution in [2.75, 3.05) is 11.1 Å². The zero-order valence-corrected chi connectivity index (χ0v) is 69.0. The predicted molar refractivity (Wildman–Crippen MR) is 342 cm³/mol. The molecule has 0 bridgehead atoms. The molecule has 1 amide bonds. The molecule has 0 N–H and O–H groups in total. The molecule has 0 spiro atoms. The Morgan fingerprint density at radius 3 is 0.653 bits per heavy atom. The fourth-order valence-electron chi connectivity index (χ4n) is 10.7. The molecule has 0 radical (unpaired) electrons. The molecule has 0 aromatic heterocycles. The molecule has 1 rings (SSSR count). The molecule has 1 aromatic carbocycles. The number of rotatable bonds is 33. The molecule has 0 unspecified atom stereocenters. The van der Waals surface area contributed by atoms with Crippen LogP contribution in [0.2, 0.25) is 216 Å². The first kappa shape index (κ1) is 74.5. The van der Waals surface area contributed by atoms with Gasteiger partial charge in [0, 0.05) is 11.9 Å². The first-order valence-electron chi connectivity index (χ1n) is 26.0. The summed E-state index contributed by atoms with van der Waals surface area (Å²) >= 11 is 0. The Bertz CT molecular complexity index is 2010. The highest BCUT2D eigenvalue weighted by molar-refractivity contribution is 6.95. The summed E-state index contributed by atoms with van der Waals surface area (Å²) < 4.78 is 116. The minimum Gasteiger partial charge on any atom is -0.437 e. The molecule has 1 aromatic rings. The van der Waals surface area contributed by atoms with Gasteiger partial charge >= 0.3 is 126 Å². The Labute approximate surface area is 473 Å². The van der Waals surface area contributed by atoms with Crippen molar-refractivity contribution in [2.45, 2.75) is 216 Å². The van der Waals surface area contributed by atoms with Gasteiger partial charge in [-0.05, 0) is 228 Å². The second-order valence-electron chi connectivity index (χ2n) is 27.2. The maximum absolute atomic E-state index is 14.3. The molecule has 0 aliphatic rings. The highest BCUT2D eigenvalue weighted by Gasteiger charge is 2.53. The monoisotopic (exact) mass is 1340 g/mol. The number of nitrogens with zero attached hydrogens (tertiary/aromatic N) is 1. The van der Waals surface area contributed by atoms with Crippen LogP contribution in [0.1, 0.15) is 0 Å². The van der Waals surface area contributed by atoms with Gasteiger partial charge in [0.2, 0.25) is 0 Å². The lowest BCUT2D eigenvalue weighted by Gasteiger charge is -2.45. The van der Waals surface area contributed by atoms with Crippen LogP contribution in [0.5, 0.6) is 0 Å². The number of halogens is 1. The summed E-state index contributed by atoms with van der Waals surface area (Å²) in [6, 6.07) is 8.79. The van der Waals surface area contributed by atoms with Gasteiger partial charge in [-0.2, -0.15) is 0 Å². The summed E-state index contributed by atoms with van der Waals surface area (Å²) in [6.07, 6.45) is -1.39. The van der Waals surface area contributed by atoms with Gasteiger partial charge in [-0.15, -0.1) is 4.39 Å². The lowest BCUT2D eigenvalue weighted by Crippen LogP contribution is -2.63. The fraction of sp³-hybridized carbons (Fsp3) is 0.829. The number of anilines is 1. The Balaban J connectivity index is 2.99. The number of amides is 1. The average Bonchev–Trinajstić information content (AvgIpc) is 2.97. The van der Waals surface area contributed by atoms with Crippen molar-refractivity contribution in [1.82, 2.24) is 0 Å². The fourth-order valence-corrected chi connectivity index (χ4v) is 92.4. The van der Waals surface area contributed by atoms with Crippen LogP contribution >= 0.6 is 0 Å². The summed E-state index contributed by atoms with van der Waals surface area (Å²) in [6.45, 7) is 67.5. The van der Waals surface area contributed by atoms with E-state index in [9.17, 15) is 9.18 Å². The number of hydrogen-bond acceptors (Lipinski definition) is 16. The van der Waals surface area contributed by atoms with Crippen LogP contribution in [0.15, 0.2) is 30.3 Å². The summed E-state index contributed by atoms with van der Waals surface area (Å²) in [7, 11) is -43.5. The largest absolute Gasteiger partial charge is 0.437 e. The van der Waals surface area contributed by atoms with Crippen molar-refractivity contribution in [3.05, 3.63) is 30.3 Å². The molecule has 34 heteroatoms. The van der Waals surface area contributed by atoms with Gasteiger partial charge in [-0.3, -0.25) is 4.90 Å². The van der Waals surface area contributed by atoms with E-state index in [1.165, 1.54) is 0 Å². The van der Waals surface area contributed by atoms with Crippen LogP contribution in [-0.2, 0) is 61.7 Å². The molecular formula is C41H106FNO16Si16.